The number of ether oxygens (including phenoxy) is 2. The third kappa shape index (κ3) is 6.15. The number of rotatable bonds is 11. The monoisotopic (exact) mass is 568 g/mol. The van der Waals surface area contributed by atoms with Crippen molar-refractivity contribution in [3.05, 3.63) is 118 Å². The molecule has 0 aliphatic rings. The van der Waals surface area contributed by atoms with Crippen molar-refractivity contribution >= 4 is 23.5 Å². The zero-order valence-corrected chi connectivity index (χ0v) is 22.7. The van der Waals surface area contributed by atoms with E-state index in [1.807, 2.05) is 6.92 Å². The number of aromatic hydroxyl groups is 3. The van der Waals surface area contributed by atoms with Crippen molar-refractivity contribution in [3.63, 3.8) is 0 Å². The molecule has 0 radical (unpaired) electrons. The van der Waals surface area contributed by atoms with Gasteiger partial charge in [-0.25, -0.2) is 9.59 Å². The molecule has 0 heterocycles. The van der Waals surface area contributed by atoms with Crippen molar-refractivity contribution in [2.24, 2.45) is 0 Å². The van der Waals surface area contributed by atoms with Crippen LogP contribution in [0.15, 0.2) is 84.9 Å². The van der Waals surface area contributed by atoms with E-state index in [4.69, 9.17) is 9.47 Å². The molecular formula is C33H28O9. The second-order valence-electron chi connectivity index (χ2n) is 9.29. The van der Waals surface area contributed by atoms with Crippen LogP contribution in [0.25, 0.3) is 0 Å². The molecule has 4 aromatic carbocycles. The van der Waals surface area contributed by atoms with E-state index in [2.05, 4.69) is 0 Å². The van der Waals surface area contributed by atoms with Crippen LogP contribution >= 0.6 is 0 Å². The highest BCUT2D eigenvalue weighted by Crippen LogP contribution is 2.46. The first-order valence-corrected chi connectivity index (χ1v) is 13.2. The van der Waals surface area contributed by atoms with Gasteiger partial charge in [0.1, 0.15) is 5.75 Å². The number of carbonyl (C=O) groups is 4. The lowest BCUT2D eigenvalue weighted by Crippen LogP contribution is -2.22. The summed E-state index contributed by atoms with van der Waals surface area (Å²) in [5.74, 6) is -7.74. The Morgan fingerprint density at radius 1 is 0.619 bits per heavy atom. The third-order valence-electron chi connectivity index (χ3n) is 6.43. The summed E-state index contributed by atoms with van der Waals surface area (Å²) in [6.45, 7) is 1.88. The van der Waals surface area contributed by atoms with Gasteiger partial charge in [0, 0.05) is 5.56 Å². The minimum Gasteiger partial charge on any atom is -0.507 e. The molecule has 9 nitrogen and oxygen atoms in total. The van der Waals surface area contributed by atoms with Crippen LogP contribution in [0.3, 0.4) is 0 Å². The number of carbonyl (C=O) groups excluding carboxylic acids is 4. The fourth-order valence-electron chi connectivity index (χ4n) is 4.29. The Bertz CT molecular complexity index is 1630. The van der Waals surface area contributed by atoms with Gasteiger partial charge in [0.15, 0.2) is 17.3 Å². The molecule has 0 atom stereocenters. The Kier molecular flexibility index (Phi) is 9.34. The molecule has 0 aliphatic carbocycles. The van der Waals surface area contributed by atoms with Gasteiger partial charge in [0.25, 0.3) is 0 Å². The average Bonchev–Trinajstić information content (AvgIpc) is 3.01. The van der Waals surface area contributed by atoms with Crippen LogP contribution in [-0.2, 0) is 4.74 Å². The highest BCUT2D eigenvalue weighted by molar-refractivity contribution is 6.24. The standard InChI is InChI=1S/C33H28O9/c1-2-3-12-19-41-33(40)24-25(27(35)20-13-6-4-7-14-20)29(37)30(38)31(42-32(39)21-15-8-5-9-16-21)26(24)28(36)22-17-10-11-18-23(22)34/h4-11,13-18,34,37-38H,2-3,12,19H2,1H3. The summed E-state index contributed by atoms with van der Waals surface area (Å²) in [5, 5.41) is 32.7. The van der Waals surface area contributed by atoms with Crippen LogP contribution in [0.1, 0.15) is 78.7 Å². The number of esters is 2. The summed E-state index contributed by atoms with van der Waals surface area (Å²) in [6.07, 6.45) is 2.03. The van der Waals surface area contributed by atoms with Gasteiger partial charge in [0.05, 0.1) is 34.4 Å². The lowest BCUT2D eigenvalue weighted by atomic mass is 9.88. The quantitative estimate of drug-likeness (QED) is 0.0668. The number of phenolic OH excluding ortho intramolecular Hbond substituents is 3. The molecule has 0 unspecified atom stereocenters. The molecule has 214 valence electrons. The van der Waals surface area contributed by atoms with Crippen molar-refractivity contribution in [3.8, 4) is 23.0 Å². The third-order valence-corrected chi connectivity index (χ3v) is 6.43. The summed E-state index contributed by atoms with van der Waals surface area (Å²) >= 11 is 0. The minimum atomic E-state index is -1.17. The lowest BCUT2D eigenvalue weighted by Gasteiger charge is -2.20. The van der Waals surface area contributed by atoms with Gasteiger partial charge in [0.2, 0.25) is 11.5 Å². The highest BCUT2D eigenvalue weighted by Gasteiger charge is 2.38. The number of ketones is 2. The average molecular weight is 569 g/mol. The molecule has 4 aromatic rings. The van der Waals surface area contributed by atoms with Crippen LogP contribution in [0, 0.1) is 0 Å². The predicted molar refractivity (Wildman–Crippen MR) is 152 cm³/mol. The molecule has 3 N–H and O–H groups in total. The molecule has 0 amide bonds. The van der Waals surface area contributed by atoms with Gasteiger partial charge in [-0.3, -0.25) is 9.59 Å². The second-order valence-corrected chi connectivity index (χ2v) is 9.29. The van der Waals surface area contributed by atoms with E-state index in [1.54, 1.807) is 36.4 Å². The SMILES string of the molecule is CCCCCOC(=O)c1c(C(=O)c2ccccc2)c(O)c(O)c(OC(=O)c2ccccc2)c1C(=O)c1ccccc1O. The summed E-state index contributed by atoms with van der Waals surface area (Å²) in [6, 6.07) is 20.6. The number of para-hydroxylation sites is 1. The van der Waals surface area contributed by atoms with Crippen LogP contribution in [-0.4, -0.2) is 45.4 Å². The fourth-order valence-corrected chi connectivity index (χ4v) is 4.29. The van der Waals surface area contributed by atoms with Crippen LogP contribution < -0.4 is 4.74 Å². The van der Waals surface area contributed by atoms with E-state index in [0.717, 1.165) is 12.8 Å². The fraction of sp³-hybridized carbons (Fsp3) is 0.152. The number of hydrogen-bond acceptors (Lipinski definition) is 9. The van der Waals surface area contributed by atoms with Gasteiger partial charge in [-0.1, -0.05) is 80.4 Å². The Morgan fingerprint density at radius 3 is 1.83 bits per heavy atom. The molecule has 0 aliphatic heterocycles. The Balaban J connectivity index is 2.02. The summed E-state index contributed by atoms with van der Waals surface area (Å²) in [4.78, 5) is 54.4. The van der Waals surface area contributed by atoms with Gasteiger partial charge in [-0.15, -0.1) is 0 Å². The van der Waals surface area contributed by atoms with Crippen molar-refractivity contribution in [2.75, 3.05) is 6.61 Å². The van der Waals surface area contributed by atoms with Crippen LogP contribution in [0.2, 0.25) is 0 Å². The molecule has 0 spiro atoms. The first-order chi connectivity index (χ1) is 20.3. The van der Waals surface area contributed by atoms with Crippen LogP contribution in [0.4, 0.5) is 0 Å². The van der Waals surface area contributed by atoms with E-state index in [1.165, 1.54) is 48.5 Å². The van der Waals surface area contributed by atoms with Crippen molar-refractivity contribution < 1.29 is 44.0 Å². The van der Waals surface area contributed by atoms with E-state index >= 15 is 0 Å². The van der Waals surface area contributed by atoms with Gasteiger partial charge >= 0.3 is 11.9 Å². The summed E-state index contributed by atoms with van der Waals surface area (Å²) in [5.41, 5.74) is -2.45. The molecule has 4 rings (SSSR count). The minimum absolute atomic E-state index is 0.0298. The Labute approximate surface area is 241 Å². The van der Waals surface area contributed by atoms with E-state index in [0.29, 0.717) is 6.42 Å². The molecule has 0 saturated carbocycles. The summed E-state index contributed by atoms with van der Waals surface area (Å²) in [7, 11) is 0. The topological polar surface area (TPSA) is 147 Å². The Hall–Kier alpha value is -5.44. The molecular weight excluding hydrogens is 540 g/mol. The van der Waals surface area contributed by atoms with E-state index < -0.39 is 63.2 Å². The number of benzene rings is 4. The van der Waals surface area contributed by atoms with Gasteiger partial charge < -0.3 is 24.8 Å². The van der Waals surface area contributed by atoms with E-state index in [-0.39, 0.29) is 23.3 Å². The normalized spacial score (nSPS) is 10.6. The maximum absolute atomic E-state index is 14.0. The first-order valence-electron chi connectivity index (χ1n) is 13.2. The van der Waals surface area contributed by atoms with Crippen molar-refractivity contribution in [1.29, 1.82) is 0 Å². The molecule has 0 saturated heterocycles. The number of unbranched alkanes of at least 4 members (excludes halogenated alkanes) is 2. The van der Waals surface area contributed by atoms with Gasteiger partial charge in [-0.05, 0) is 30.7 Å². The second kappa shape index (κ2) is 13.3. The molecule has 9 heteroatoms. The van der Waals surface area contributed by atoms with Crippen LogP contribution in [0.5, 0.6) is 23.0 Å². The molecule has 42 heavy (non-hydrogen) atoms. The van der Waals surface area contributed by atoms with Crippen molar-refractivity contribution in [2.45, 2.75) is 26.2 Å². The Morgan fingerprint density at radius 2 is 1.21 bits per heavy atom. The molecule has 0 aromatic heterocycles. The molecule has 0 bridgehead atoms. The zero-order valence-electron chi connectivity index (χ0n) is 22.7. The van der Waals surface area contributed by atoms with Gasteiger partial charge in [-0.2, -0.15) is 0 Å². The van der Waals surface area contributed by atoms with Crippen molar-refractivity contribution in [1.82, 2.24) is 0 Å². The largest absolute Gasteiger partial charge is 0.507 e. The maximum atomic E-state index is 14.0. The molecule has 0 fully saturated rings. The highest BCUT2D eigenvalue weighted by atomic mass is 16.5. The van der Waals surface area contributed by atoms with E-state index in [9.17, 15) is 34.5 Å². The zero-order chi connectivity index (χ0) is 30.2. The maximum Gasteiger partial charge on any atom is 0.343 e. The lowest BCUT2D eigenvalue weighted by molar-refractivity contribution is 0.0489. The first kappa shape index (κ1) is 29.5. The number of phenols is 3. The predicted octanol–water partition coefficient (Wildman–Crippen LogP) is 5.83. The number of hydrogen-bond donors (Lipinski definition) is 3. The summed E-state index contributed by atoms with van der Waals surface area (Å²) < 4.78 is 10.8. The smallest absolute Gasteiger partial charge is 0.343 e.